The summed E-state index contributed by atoms with van der Waals surface area (Å²) in [5, 5.41) is 12.6. The smallest absolute Gasteiger partial charge is 0.0134 e. The van der Waals surface area contributed by atoms with Gasteiger partial charge in [0.05, 0.1) is 0 Å². The summed E-state index contributed by atoms with van der Waals surface area (Å²) in [4.78, 5) is 7.50. The second kappa shape index (κ2) is 27.6. The first kappa shape index (κ1) is 46.9. The molecule has 302 valence electrons. The van der Waals surface area contributed by atoms with Crippen LogP contribution in [-0.4, -0.2) is 6.79 Å². The summed E-state index contributed by atoms with van der Waals surface area (Å²) in [6.07, 6.45) is 0. The first-order chi connectivity index (χ1) is 30.3. The van der Waals surface area contributed by atoms with Crippen LogP contribution in [0, 0.1) is 0 Å². The van der Waals surface area contributed by atoms with E-state index in [9.17, 15) is 0 Å². The standard InChI is InChI=1S/3C18H15P.CO.ClH.Ru.H/c3*1-4-10-16(11-5-1)19(17-12-6-2-7-13-17)18-14-8-3-9-15-18;1-2;;;/h3*1-15H;;1H;;/q;;;;;+1;/p-1. The zero-order valence-corrected chi connectivity index (χ0v) is 38.8. The third-order valence-corrected chi connectivity index (χ3v) is 16.5. The third-order valence-electron chi connectivity index (χ3n) is 9.13. The van der Waals surface area contributed by atoms with Gasteiger partial charge in [0.25, 0.3) is 6.79 Å². The summed E-state index contributed by atoms with van der Waals surface area (Å²) in [6.45, 7) is 4.50. The number of benzene rings is 9. The van der Waals surface area contributed by atoms with Gasteiger partial charge in [-0.2, -0.15) is 0 Å². The fourth-order valence-corrected chi connectivity index (χ4v) is 13.5. The molecule has 0 amide bonds. The van der Waals surface area contributed by atoms with Crippen LogP contribution in [-0.2, 0) is 22.1 Å². The number of rotatable bonds is 9. The van der Waals surface area contributed by atoms with Crippen molar-refractivity contribution < 1.29 is 22.1 Å². The van der Waals surface area contributed by atoms with Crippen molar-refractivity contribution in [3.8, 4) is 0 Å². The van der Waals surface area contributed by atoms with E-state index in [1.807, 2.05) is 0 Å². The van der Waals surface area contributed by atoms with E-state index in [-0.39, 0.29) is 0 Å². The van der Waals surface area contributed by atoms with Gasteiger partial charge in [-0.3, -0.25) is 4.79 Å². The van der Waals surface area contributed by atoms with Crippen LogP contribution >= 0.6 is 33.5 Å². The molecule has 0 fully saturated rings. The van der Waals surface area contributed by atoms with E-state index in [0.717, 1.165) is 0 Å². The Morgan fingerprint density at radius 1 is 0.213 bits per heavy atom. The monoisotopic (exact) mass is 952 g/mol. The van der Waals surface area contributed by atoms with Crippen LogP contribution in [0.15, 0.2) is 273 Å². The van der Waals surface area contributed by atoms with Crippen molar-refractivity contribution in [1.29, 1.82) is 0 Å². The van der Waals surface area contributed by atoms with Crippen LogP contribution in [0.5, 0.6) is 0 Å². The fraction of sp³-hybridized carbons (Fsp3) is 0. The molecule has 0 N–H and O–H groups in total. The molecule has 0 bridgehead atoms. The predicted octanol–water partition coefficient (Wildman–Crippen LogP) is 10.4. The van der Waals surface area contributed by atoms with Crippen molar-refractivity contribution in [3.63, 3.8) is 0 Å². The van der Waals surface area contributed by atoms with E-state index in [2.05, 4.69) is 289 Å². The van der Waals surface area contributed by atoms with E-state index in [0.29, 0.717) is 0 Å². The molecular weight excluding hydrogens is 906 g/mol. The Hall–Kier alpha value is -5.15. The van der Waals surface area contributed by atoms with Gasteiger partial charge in [0.15, 0.2) is 0 Å². The molecule has 0 unspecified atom stereocenters. The van der Waals surface area contributed by atoms with Crippen molar-refractivity contribution >= 4 is 88.0 Å². The molecule has 0 saturated carbocycles. The third kappa shape index (κ3) is 14.5. The first-order valence-electron chi connectivity index (χ1n) is 19.6. The largest absolute Gasteiger partial charge is 0.0622 e. The van der Waals surface area contributed by atoms with Crippen molar-refractivity contribution in [2.45, 2.75) is 0 Å². The Kier molecular flexibility index (Phi) is 21.3. The normalized spacial score (nSPS) is 10.1. The van der Waals surface area contributed by atoms with Crippen molar-refractivity contribution in [1.82, 2.24) is 0 Å². The van der Waals surface area contributed by atoms with Gasteiger partial charge in [0.2, 0.25) is 0 Å². The van der Waals surface area contributed by atoms with Gasteiger partial charge in [0.1, 0.15) is 0 Å². The average molecular weight is 952 g/mol. The summed E-state index contributed by atoms with van der Waals surface area (Å²) in [5.41, 5.74) is 0. The molecule has 9 aromatic carbocycles. The summed E-state index contributed by atoms with van der Waals surface area (Å²) >= 11 is 1.62. The number of halogens is 1. The van der Waals surface area contributed by atoms with Gasteiger partial charge in [0, 0.05) is 0 Å². The maximum atomic E-state index is 7.50. The molecule has 0 atom stereocenters. The zero-order chi connectivity index (χ0) is 42.7. The van der Waals surface area contributed by atoms with Gasteiger partial charge in [-0.15, -0.1) is 0 Å². The minimum atomic E-state index is -0.446. The minimum absolute atomic E-state index is 0.446. The zero-order valence-electron chi connectivity index (χ0n) is 33.5. The van der Waals surface area contributed by atoms with Crippen LogP contribution in [0.4, 0.5) is 0 Å². The Morgan fingerprint density at radius 2 is 0.295 bits per heavy atom. The van der Waals surface area contributed by atoms with E-state index in [4.69, 9.17) is 4.79 Å². The molecule has 2 radical (unpaired) electrons. The van der Waals surface area contributed by atoms with Crippen LogP contribution in [0.2, 0.25) is 0 Å². The molecule has 0 aliphatic rings. The van der Waals surface area contributed by atoms with Crippen molar-refractivity contribution in [2.75, 3.05) is 0 Å². The second-order valence-electron chi connectivity index (χ2n) is 13.0. The Bertz CT molecular complexity index is 1890. The van der Waals surface area contributed by atoms with Crippen LogP contribution < -0.4 is 47.7 Å². The quantitative estimate of drug-likeness (QED) is 0.104. The minimum Gasteiger partial charge on any atom is -0.0622 e. The topological polar surface area (TPSA) is 17.1 Å². The molecule has 0 spiro atoms. The number of carbonyl (C=O) groups excluding carboxylic acids is 1. The SMILES string of the molecule is [C]=O.[Cl][RuH].c1ccc(P(c2ccccc2)c2ccccc2)cc1.c1ccc(P(c2ccccc2)c2ccccc2)cc1.c1ccc(P(c2ccccc2)c2ccccc2)cc1. The van der Waals surface area contributed by atoms with Gasteiger partial charge in [-0.25, -0.2) is 0 Å². The summed E-state index contributed by atoms with van der Waals surface area (Å²) < 4.78 is 0. The molecule has 0 saturated heterocycles. The first-order valence-corrected chi connectivity index (χ1v) is 26.0. The van der Waals surface area contributed by atoms with Gasteiger partial charge >= 0.3 is 27.0 Å². The van der Waals surface area contributed by atoms with Crippen molar-refractivity contribution in [3.05, 3.63) is 273 Å². The van der Waals surface area contributed by atoms with Gasteiger partial charge in [-0.05, 0) is 71.5 Å². The van der Waals surface area contributed by atoms with E-state index in [1.54, 1.807) is 17.3 Å². The van der Waals surface area contributed by atoms with E-state index >= 15 is 0 Å². The molecule has 0 aliphatic heterocycles. The maximum Gasteiger partial charge on any atom is -0.0134 e. The van der Waals surface area contributed by atoms with Crippen LogP contribution in [0.25, 0.3) is 0 Å². The van der Waals surface area contributed by atoms with Crippen LogP contribution in [0.3, 0.4) is 0 Å². The van der Waals surface area contributed by atoms with E-state index in [1.165, 1.54) is 47.7 Å². The molecule has 6 heteroatoms. The summed E-state index contributed by atoms with van der Waals surface area (Å²) in [6, 6.07) is 97.0. The molecule has 0 aromatic heterocycles. The van der Waals surface area contributed by atoms with Gasteiger partial charge < -0.3 is 0 Å². The molecule has 9 aromatic rings. The molecule has 9 rings (SSSR count). The molecular formula is C55H46ClOP3Ru. The average Bonchev–Trinajstić information content (AvgIpc) is 3.37. The molecule has 61 heavy (non-hydrogen) atoms. The van der Waals surface area contributed by atoms with Crippen LogP contribution in [0.1, 0.15) is 0 Å². The van der Waals surface area contributed by atoms with Gasteiger partial charge in [-0.1, -0.05) is 273 Å². The number of hydrogen-bond donors (Lipinski definition) is 0. The Labute approximate surface area is 380 Å². The molecule has 0 heterocycles. The fourth-order valence-electron chi connectivity index (χ4n) is 6.54. The molecule has 1 nitrogen and oxygen atoms in total. The Balaban J connectivity index is 0.000000166. The van der Waals surface area contributed by atoms with E-state index < -0.39 is 23.8 Å². The summed E-state index contributed by atoms with van der Waals surface area (Å²) in [5.74, 6) is 0. The maximum absolute atomic E-state index is 7.50. The van der Waals surface area contributed by atoms with Crippen molar-refractivity contribution in [2.24, 2.45) is 0 Å². The predicted molar refractivity (Wildman–Crippen MR) is 268 cm³/mol. The Morgan fingerprint density at radius 3 is 0.377 bits per heavy atom. The summed E-state index contributed by atoms with van der Waals surface area (Å²) in [7, 11) is 3.27. The number of hydrogen-bond acceptors (Lipinski definition) is 1. The molecule has 0 aliphatic carbocycles. The second-order valence-corrected chi connectivity index (χ2v) is 19.7.